The van der Waals surface area contributed by atoms with E-state index in [2.05, 4.69) is 27.4 Å². The Hall–Kier alpha value is -1.28. The molecule has 0 N–H and O–H groups in total. The third kappa shape index (κ3) is 2.48. The second-order valence-electron chi connectivity index (χ2n) is 7.34. The van der Waals surface area contributed by atoms with E-state index in [0.29, 0.717) is 5.92 Å². The van der Waals surface area contributed by atoms with Crippen molar-refractivity contribution in [2.24, 2.45) is 22.7 Å². The highest BCUT2D eigenvalue weighted by molar-refractivity contribution is 8.04. The lowest BCUT2D eigenvalue weighted by molar-refractivity contribution is -0.157. The molecule has 0 radical (unpaired) electrons. The van der Waals surface area contributed by atoms with Crippen molar-refractivity contribution in [2.75, 3.05) is 0 Å². The number of thiocyanates is 1. The predicted octanol–water partition coefficient (Wildman–Crippen LogP) is 3.68. The van der Waals surface area contributed by atoms with Gasteiger partial charge in [-0.05, 0) is 60.6 Å². The quantitative estimate of drug-likeness (QED) is 0.342. The van der Waals surface area contributed by atoms with E-state index in [1.807, 2.05) is 5.40 Å². The lowest BCUT2D eigenvalue weighted by atomic mass is 9.66. The molecule has 2 aliphatic rings. The van der Waals surface area contributed by atoms with E-state index in [4.69, 9.17) is 10.00 Å². The Bertz CT molecular complexity index is 563. The molecule has 4 atom stereocenters. The van der Waals surface area contributed by atoms with Gasteiger partial charge in [-0.15, -0.1) is 0 Å². The van der Waals surface area contributed by atoms with Crippen molar-refractivity contribution in [1.29, 1.82) is 5.26 Å². The van der Waals surface area contributed by atoms with Crippen LogP contribution in [-0.2, 0) is 14.3 Å². The lowest BCUT2D eigenvalue weighted by Crippen LogP contribution is -2.41. The van der Waals surface area contributed by atoms with E-state index >= 15 is 0 Å². The standard InChI is InChI=1S/C17H23NO3S/c1-10(2)14(19)21-15(20)13(22-9-18)12-8-11-6-7-17(12,5)16(11,3)4/h11-13H,1,6-8H2,2-5H3/t11-,12?,13?,17-/m1/s1. The molecule has 2 saturated carbocycles. The highest BCUT2D eigenvalue weighted by Crippen LogP contribution is 2.69. The van der Waals surface area contributed by atoms with Gasteiger partial charge >= 0.3 is 11.9 Å². The van der Waals surface area contributed by atoms with Gasteiger partial charge in [0.1, 0.15) is 10.7 Å². The first-order valence-electron chi connectivity index (χ1n) is 7.61. The third-order valence-electron chi connectivity index (χ3n) is 6.18. The molecular weight excluding hydrogens is 298 g/mol. The van der Waals surface area contributed by atoms with Gasteiger partial charge < -0.3 is 4.74 Å². The maximum atomic E-state index is 12.4. The summed E-state index contributed by atoms with van der Waals surface area (Å²) in [5.74, 6) is -0.680. The van der Waals surface area contributed by atoms with Crippen LogP contribution >= 0.6 is 11.8 Å². The number of nitriles is 1. The van der Waals surface area contributed by atoms with Crippen LogP contribution in [0.5, 0.6) is 0 Å². The monoisotopic (exact) mass is 321 g/mol. The summed E-state index contributed by atoms with van der Waals surface area (Å²) >= 11 is 0.924. The van der Waals surface area contributed by atoms with Crippen molar-refractivity contribution >= 4 is 23.7 Å². The number of fused-ring (bicyclic) bond motifs is 2. The zero-order valence-corrected chi connectivity index (χ0v) is 14.5. The number of esters is 2. The molecule has 0 aliphatic heterocycles. The summed E-state index contributed by atoms with van der Waals surface area (Å²) in [5, 5.41) is 10.5. The number of carbonyl (C=O) groups is 2. The summed E-state index contributed by atoms with van der Waals surface area (Å²) in [5.41, 5.74) is 0.329. The van der Waals surface area contributed by atoms with E-state index in [0.717, 1.165) is 24.6 Å². The first-order chi connectivity index (χ1) is 10.1. The zero-order chi connectivity index (χ0) is 16.7. The van der Waals surface area contributed by atoms with E-state index in [1.165, 1.54) is 13.3 Å². The van der Waals surface area contributed by atoms with Crippen molar-refractivity contribution in [3.05, 3.63) is 12.2 Å². The van der Waals surface area contributed by atoms with Crippen molar-refractivity contribution in [2.45, 2.75) is 52.2 Å². The summed E-state index contributed by atoms with van der Waals surface area (Å²) in [4.78, 5) is 24.0. The molecule has 2 rings (SSSR count). The molecular formula is C17H23NO3S. The molecule has 0 aromatic carbocycles. The zero-order valence-electron chi connectivity index (χ0n) is 13.6. The second-order valence-corrected chi connectivity index (χ2v) is 8.26. The number of rotatable bonds is 4. The Morgan fingerprint density at radius 2 is 2.05 bits per heavy atom. The van der Waals surface area contributed by atoms with Gasteiger partial charge in [-0.25, -0.2) is 4.79 Å². The molecule has 22 heavy (non-hydrogen) atoms. The molecule has 5 heteroatoms. The Balaban J connectivity index is 2.23. The van der Waals surface area contributed by atoms with Crippen LogP contribution in [0.3, 0.4) is 0 Å². The van der Waals surface area contributed by atoms with Crippen LogP contribution in [0, 0.1) is 33.3 Å². The fourth-order valence-corrected chi connectivity index (χ4v) is 5.14. The van der Waals surface area contributed by atoms with Gasteiger partial charge in [0.15, 0.2) is 0 Å². The number of hydrogen-bond donors (Lipinski definition) is 0. The van der Waals surface area contributed by atoms with Crippen LogP contribution in [0.25, 0.3) is 0 Å². The Kier molecular flexibility index (Phi) is 4.45. The van der Waals surface area contributed by atoms with Crippen LogP contribution in [0.2, 0.25) is 0 Å². The van der Waals surface area contributed by atoms with E-state index in [9.17, 15) is 9.59 Å². The first kappa shape index (κ1) is 17.1. The molecule has 0 spiro atoms. The normalized spacial score (nSPS) is 33.0. The molecule has 120 valence electrons. The Labute approximate surface area is 136 Å². The minimum absolute atomic E-state index is 0.00251. The summed E-state index contributed by atoms with van der Waals surface area (Å²) in [6.45, 7) is 11.7. The summed E-state index contributed by atoms with van der Waals surface area (Å²) in [7, 11) is 0. The number of carbonyl (C=O) groups excluding carboxylic acids is 2. The number of ether oxygens (including phenoxy) is 1. The van der Waals surface area contributed by atoms with Crippen molar-refractivity contribution in [3.63, 3.8) is 0 Å². The number of nitrogens with zero attached hydrogens (tertiary/aromatic N) is 1. The van der Waals surface area contributed by atoms with Crippen LogP contribution in [0.4, 0.5) is 0 Å². The fourth-order valence-electron chi connectivity index (χ4n) is 4.31. The van der Waals surface area contributed by atoms with Gasteiger partial charge in [-0.3, -0.25) is 4.79 Å². The number of hydrogen-bond acceptors (Lipinski definition) is 5. The van der Waals surface area contributed by atoms with E-state index < -0.39 is 17.2 Å². The molecule has 2 fully saturated rings. The minimum atomic E-state index is -0.707. The molecule has 4 nitrogen and oxygen atoms in total. The van der Waals surface area contributed by atoms with Gasteiger partial charge in [-0.2, -0.15) is 5.26 Å². The maximum absolute atomic E-state index is 12.4. The van der Waals surface area contributed by atoms with Gasteiger partial charge in [0, 0.05) is 5.57 Å². The maximum Gasteiger partial charge on any atom is 0.340 e. The first-order valence-corrected chi connectivity index (χ1v) is 8.49. The summed E-state index contributed by atoms with van der Waals surface area (Å²) in [6.07, 6.45) is 3.14. The van der Waals surface area contributed by atoms with Crippen molar-refractivity contribution < 1.29 is 14.3 Å². The van der Waals surface area contributed by atoms with E-state index in [-0.39, 0.29) is 22.3 Å². The van der Waals surface area contributed by atoms with Crippen LogP contribution in [-0.4, -0.2) is 17.2 Å². The molecule has 0 aromatic rings. The van der Waals surface area contributed by atoms with E-state index in [1.54, 1.807) is 0 Å². The van der Waals surface area contributed by atoms with Crippen LogP contribution in [0.1, 0.15) is 47.0 Å². The molecule has 0 heterocycles. The van der Waals surface area contributed by atoms with Crippen LogP contribution in [0.15, 0.2) is 12.2 Å². The average molecular weight is 321 g/mol. The predicted molar refractivity (Wildman–Crippen MR) is 85.6 cm³/mol. The van der Waals surface area contributed by atoms with Gasteiger partial charge in [0.25, 0.3) is 0 Å². The Morgan fingerprint density at radius 1 is 1.41 bits per heavy atom. The molecule has 0 saturated heterocycles. The molecule has 2 aliphatic carbocycles. The molecule has 0 amide bonds. The topological polar surface area (TPSA) is 67.2 Å². The summed E-state index contributed by atoms with van der Waals surface area (Å²) < 4.78 is 4.91. The summed E-state index contributed by atoms with van der Waals surface area (Å²) in [6, 6.07) is 0. The van der Waals surface area contributed by atoms with Gasteiger partial charge in [-0.1, -0.05) is 27.4 Å². The SMILES string of the molecule is C=C(C)C(=O)OC(=O)C(SC#N)C1C[C@H]2CC[C@@]1(C)C2(C)C. The molecule has 2 unspecified atom stereocenters. The lowest BCUT2D eigenvalue weighted by Gasteiger charge is -2.41. The van der Waals surface area contributed by atoms with Crippen molar-refractivity contribution in [3.8, 4) is 5.40 Å². The third-order valence-corrected chi connectivity index (χ3v) is 7.06. The molecule has 0 aromatic heterocycles. The highest BCUT2D eigenvalue weighted by atomic mass is 32.2. The highest BCUT2D eigenvalue weighted by Gasteiger charge is 2.64. The average Bonchev–Trinajstić information content (AvgIpc) is 2.77. The van der Waals surface area contributed by atoms with Crippen molar-refractivity contribution in [1.82, 2.24) is 0 Å². The van der Waals surface area contributed by atoms with Gasteiger partial charge in [0.05, 0.1) is 0 Å². The fraction of sp³-hybridized carbons (Fsp3) is 0.706. The number of thioether (sulfide) groups is 1. The largest absolute Gasteiger partial charge is 0.389 e. The minimum Gasteiger partial charge on any atom is -0.389 e. The smallest absolute Gasteiger partial charge is 0.340 e. The van der Waals surface area contributed by atoms with Gasteiger partial charge in [0.2, 0.25) is 0 Å². The molecule has 2 bridgehead atoms. The van der Waals surface area contributed by atoms with Crippen LogP contribution < -0.4 is 0 Å². The Morgan fingerprint density at radius 3 is 2.45 bits per heavy atom. The second kappa shape index (κ2) is 5.73.